The fourth-order valence-electron chi connectivity index (χ4n) is 3.49. The Morgan fingerprint density at radius 1 is 1.13 bits per heavy atom. The molecule has 0 amide bonds. The lowest BCUT2D eigenvalue weighted by molar-refractivity contribution is 0.126. The van der Waals surface area contributed by atoms with E-state index in [1.807, 2.05) is 24.3 Å². The van der Waals surface area contributed by atoms with Crippen LogP contribution in [0.4, 0.5) is 0 Å². The predicted octanol–water partition coefficient (Wildman–Crippen LogP) is 2.82. The van der Waals surface area contributed by atoms with Gasteiger partial charge in [0.1, 0.15) is 17.7 Å². The first-order valence-electron chi connectivity index (χ1n) is 10.1. The molecule has 3 aromatic heterocycles. The average molecular weight is 422 g/mol. The van der Waals surface area contributed by atoms with Crippen molar-refractivity contribution in [2.24, 2.45) is 5.16 Å². The lowest BCUT2D eigenvalue weighted by Gasteiger charge is -2.12. The second-order valence-corrected chi connectivity index (χ2v) is 7.69. The lowest BCUT2D eigenvalue weighted by atomic mass is 10.2. The number of oxime groups is 1. The highest BCUT2D eigenvalue weighted by Gasteiger charge is 2.18. The molecule has 4 aromatic rings. The summed E-state index contributed by atoms with van der Waals surface area (Å²) in [5, 5.41) is 9.54. The molecule has 0 bridgehead atoms. The van der Waals surface area contributed by atoms with Crippen molar-refractivity contribution in [1.82, 2.24) is 29.0 Å². The average Bonchev–Trinajstić information content (AvgIpc) is 3.28. The van der Waals surface area contributed by atoms with Gasteiger partial charge in [-0.15, -0.1) is 5.10 Å². The molecule has 9 heteroatoms. The fraction of sp³-hybridized carbons (Fsp3) is 0.364. The second kappa shape index (κ2) is 8.73. The minimum Gasteiger partial charge on any atom is -0.497 e. The van der Waals surface area contributed by atoms with Crippen LogP contribution in [0.1, 0.15) is 22.6 Å². The predicted molar refractivity (Wildman–Crippen MR) is 120 cm³/mol. The van der Waals surface area contributed by atoms with E-state index in [2.05, 4.69) is 52.6 Å². The minimum absolute atomic E-state index is 0.176. The first-order valence-corrected chi connectivity index (χ1v) is 10.1. The fourth-order valence-corrected chi connectivity index (χ4v) is 3.49. The number of hydrogen-bond acceptors (Lipinski definition) is 7. The van der Waals surface area contributed by atoms with Crippen molar-refractivity contribution in [2.75, 3.05) is 27.7 Å². The summed E-state index contributed by atoms with van der Waals surface area (Å²) in [6.07, 6.45) is 3.35. The molecule has 4 rings (SSSR count). The third-order valence-corrected chi connectivity index (χ3v) is 5.35. The summed E-state index contributed by atoms with van der Waals surface area (Å²) in [7, 11) is 5.78. The van der Waals surface area contributed by atoms with Gasteiger partial charge in [0.25, 0.3) is 0 Å². The van der Waals surface area contributed by atoms with E-state index in [1.54, 1.807) is 24.2 Å². The Balaban J connectivity index is 1.54. The van der Waals surface area contributed by atoms with E-state index in [0.717, 1.165) is 41.1 Å². The molecule has 31 heavy (non-hydrogen) atoms. The summed E-state index contributed by atoms with van der Waals surface area (Å²) in [6, 6.07) is 7.56. The molecule has 3 heterocycles. The van der Waals surface area contributed by atoms with Crippen molar-refractivity contribution in [3.05, 3.63) is 53.2 Å². The largest absolute Gasteiger partial charge is 0.497 e. The number of ether oxygens (including phenoxy) is 1. The first kappa shape index (κ1) is 20.8. The van der Waals surface area contributed by atoms with Crippen LogP contribution in [0, 0.1) is 13.8 Å². The number of likely N-dealkylation sites (N-methyl/N-ethyl adjacent to an activating group) is 1. The topological polar surface area (TPSA) is 82.1 Å². The van der Waals surface area contributed by atoms with Crippen LogP contribution in [-0.4, -0.2) is 63.0 Å². The zero-order chi connectivity index (χ0) is 22.0. The van der Waals surface area contributed by atoms with Crippen LogP contribution in [0.15, 0.2) is 35.7 Å². The summed E-state index contributed by atoms with van der Waals surface area (Å²) in [6.45, 7) is 6.22. The Labute approximate surface area is 180 Å². The summed E-state index contributed by atoms with van der Waals surface area (Å²) < 4.78 is 9.10. The van der Waals surface area contributed by atoms with Crippen molar-refractivity contribution in [2.45, 2.75) is 27.0 Å². The maximum Gasteiger partial charge on any atom is 0.192 e. The van der Waals surface area contributed by atoms with Crippen molar-refractivity contribution < 1.29 is 9.57 Å². The quantitative estimate of drug-likeness (QED) is 0.321. The number of aryl methyl sites for hydroxylation is 1. The van der Waals surface area contributed by atoms with Gasteiger partial charge < -0.3 is 19.0 Å². The number of rotatable bonds is 8. The van der Waals surface area contributed by atoms with Gasteiger partial charge in [-0.2, -0.15) is 0 Å². The van der Waals surface area contributed by atoms with Gasteiger partial charge in [0.15, 0.2) is 18.1 Å². The van der Waals surface area contributed by atoms with Crippen LogP contribution in [-0.2, 0) is 18.0 Å². The zero-order valence-corrected chi connectivity index (χ0v) is 18.5. The third-order valence-electron chi connectivity index (χ3n) is 5.35. The van der Waals surface area contributed by atoms with E-state index < -0.39 is 0 Å². The van der Waals surface area contributed by atoms with E-state index in [9.17, 15) is 0 Å². The third kappa shape index (κ3) is 4.22. The maximum absolute atomic E-state index is 5.41. The molecule has 162 valence electrons. The molecule has 0 N–H and O–H groups in total. The van der Waals surface area contributed by atoms with E-state index in [1.165, 1.54) is 11.3 Å². The molecule has 0 fully saturated rings. The van der Waals surface area contributed by atoms with Gasteiger partial charge in [0.05, 0.1) is 18.7 Å². The number of nitrogens with zero attached hydrogens (tertiary/aromatic N) is 7. The number of aromatic nitrogens is 5. The summed E-state index contributed by atoms with van der Waals surface area (Å²) in [4.78, 5) is 16.9. The van der Waals surface area contributed by atoms with E-state index >= 15 is 0 Å². The molecule has 0 aliphatic carbocycles. The molecule has 1 aromatic carbocycles. The molecule has 0 radical (unpaired) electrons. The van der Waals surface area contributed by atoms with Gasteiger partial charge >= 0.3 is 0 Å². The molecule has 9 nitrogen and oxygen atoms in total. The summed E-state index contributed by atoms with van der Waals surface area (Å²) in [5.74, 6) is 1.35. The summed E-state index contributed by atoms with van der Waals surface area (Å²) >= 11 is 0. The highest BCUT2D eigenvalue weighted by atomic mass is 16.6. The Hall–Kier alpha value is -3.46. The number of benzene rings is 1. The smallest absolute Gasteiger partial charge is 0.192 e. The van der Waals surface area contributed by atoms with E-state index in [4.69, 9.17) is 14.6 Å². The normalized spacial score (nSPS) is 11.9. The van der Waals surface area contributed by atoms with Crippen LogP contribution in [0.2, 0.25) is 0 Å². The van der Waals surface area contributed by atoms with Gasteiger partial charge in [-0.25, -0.2) is 14.5 Å². The molecular formula is C22H27N7O2. The highest BCUT2D eigenvalue weighted by molar-refractivity contribution is 5.93. The van der Waals surface area contributed by atoms with Gasteiger partial charge in [-0.3, -0.25) is 0 Å². The Morgan fingerprint density at radius 3 is 2.61 bits per heavy atom. The number of hydrogen-bond donors (Lipinski definition) is 0. The van der Waals surface area contributed by atoms with Gasteiger partial charge in [0.2, 0.25) is 0 Å². The van der Waals surface area contributed by atoms with Crippen LogP contribution in [0.5, 0.6) is 5.75 Å². The van der Waals surface area contributed by atoms with Crippen LogP contribution >= 0.6 is 0 Å². The molecular weight excluding hydrogens is 394 g/mol. The lowest BCUT2D eigenvalue weighted by Crippen LogP contribution is -2.19. The first-order chi connectivity index (χ1) is 15.0. The molecule has 0 atom stereocenters. The molecule has 0 unspecified atom stereocenters. The maximum atomic E-state index is 5.41. The number of methoxy groups -OCH3 is 1. The zero-order valence-electron chi connectivity index (χ0n) is 18.5. The summed E-state index contributed by atoms with van der Waals surface area (Å²) in [5.41, 5.74) is 5.00. The SMILES string of the molecule is COc1ccc(C=NOCc2nc3c4c(C)c(C)n(CCN(C)C)c4ncn3n2)cc1. The molecule has 0 saturated heterocycles. The van der Waals surface area contributed by atoms with Crippen molar-refractivity contribution in [1.29, 1.82) is 0 Å². The molecule has 0 aliphatic rings. The van der Waals surface area contributed by atoms with Gasteiger partial charge in [-0.1, -0.05) is 5.16 Å². The Kier molecular flexibility index (Phi) is 5.85. The van der Waals surface area contributed by atoms with Crippen LogP contribution in [0.3, 0.4) is 0 Å². The second-order valence-electron chi connectivity index (χ2n) is 7.69. The van der Waals surface area contributed by atoms with Gasteiger partial charge in [-0.05, 0) is 63.3 Å². The number of fused-ring (bicyclic) bond motifs is 3. The molecule has 0 aliphatic heterocycles. The van der Waals surface area contributed by atoms with E-state index in [0.29, 0.717) is 5.82 Å². The standard InChI is InChI=1S/C22H27N7O2/c1-15-16(2)28(11-10-27(3)4)21-20(15)22-25-19(26-29(22)14-23-21)13-31-24-12-17-6-8-18(30-5)9-7-17/h6-9,12,14H,10-11,13H2,1-5H3. The highest BCUT2D eigenvalue weighted by Crippen LogP contribution is 2.26. The Bertz CT molecular complexity index is 1220. The monoisotopic (exact) mass is 421 g/mol. The molecule has 0 saturated carbocycles. The van der Waals surface area contributed by atoms with Crippen molar-refractivity contribution in [3.63, 3.8) is 0 Å². The van der Waals surface area contributed by atoms with Crippen LogP contribution in [0.25, 0.3) is 16.7 Å². The van der Waals surface area contributed by atoms with Crippen molar-refractivity contribution >= 4 is 22.9 Å². The van der Waals surface area contributed by atoms with Crippen molar-refractivity contribution in [3.8, 4) is 5.75 Å². The molecule has 0 spiro atoms. The van der Waals surface area contributed by atoms with E-state index in [-0.39, 0.29) is 6.61 Å². The van der Waals surface area contributed by atoms with Crippen LogP contribution < -0.4 is 4.74 Å². The van der Waals surface area contributed by atoms with Gasteiger partial charge in [0, 0.05) is 18.8 Å². The minimum atomic E-state index is 0.176. The Morgan fingerprint density at radius 2 is 1.90 bits per heavy atom.